The van der Waals surface area contributed by atoms with E-state index in [-0.39, 0.29) is 12.0 Å². The third kappa shape index (κ3) is 3.23. The van der Waals surface area contributed by atoms with E-state index in [1.165, 1.54) is 5.56 Å². The van der Waals surface area contributed by atoms with E-state index in [9.17, 15) is 8.42 Å². The number of benzene rings is 3. The molecule has 0 aromatic heterocycles. The van der Waals surface area contributed by atoms with Crippen molar-refractivity contribution in [2.75, 3.05) is 23.3 Å². The van der Waals surface area contributed by atoms with Gasteiger partial charge in [0.2, 0.25) is 0 Å². The molecule has 0 spiro atoms. The number of rotatable bonds is 4. The Hall–Kier alpha value is -3.25. The van der Waals surface area contributed by atoms with Crippen LogP contribution in [0.5, 0.6) is 5.75 Å². The van der Waals surface area contributed by atoms with E-state index >= 15 is 0 Å². The molecule has 6 heteroatoms. The molecule has 0 bridgehead atoms. The van der Waals surface area contributed by atoms with E-state index in [1.54, 1.807) is 17.5 Å². The topological polar surface area (TPSA) is 58.6 Å². The third-order valence-corrected chi connectivity index (χ3v) is 9.05. The van der Waals surface area contributed by atoms with Crippen molar-refractivity contribution in [3.63, 3.8) is 0 Å². The van der Waals surface area contributed by atoms with Crippen LogP contribution in [-0.2, 0) is 16.4 Å². The van der Waals surface area contributed by atoms with E-state index in [1.807, 2.05) is 48.5 Å². The number of hydrogen-bond donors (Lipinski definition) is 1. The van der Waals surface area contributed by atoms with Gasteiger partial charge in [-0.2, -0.15) is 0 Å². The molecule has 0 saturated carbocycles. The highest BCUT2D eigenvalue weighted by molar-refractivity contribution is 7.92. The average molecular weight is 459 g/mol. The van der Waals surface area contributed by atoms with E-state index < -0.39 is 10.0 Å². The van der Waals surface area contributed by atoms with E-state index in [0.717, 1.165) is 41.1 Å². The number of fused-ring (bicyclic) bond motifs is 4. The summed E-state index contributed by atoms with van der Waals surface area (Å²) in [6, 6.07) is 21.7. The summed E-state index contributed by atoms with van der Waals surface area (Å²) in [6.07, 6.45) is 6.17. The zero-order valence-electron chi connectivity index (χ0n) is 18.4. The summed E-state index contributed by atoms with van der Waals surface area (Å²) in [5.74, 6) is 1.38. The van der Waals surface area contributed by atoms with Crippen LogP contribution in [0.4, 0.5) is 11.4 Å². The molecule has 1 N–H and O–H groups in total. The van der Waals surface area contributed by atoms with Gasteiger partial charge in [0.25, 0.3) is 10.0 Å². The Kier molecular flexibility index (Phi) is 4.73. The zero-order chi connectivity index (χ0) is 22.6. The first kappa shape index (κ1) is 20.4. The van der Waals surface area contributed by atoms with Crippen molar-refractivity contribution in [1.29, 1.82) is 0 Å². The number of nitrogens with one attached hydrogen (secondary N) is 1. The fourth-order valence-corrected chi connectivity index (χ4v) is 7.10. The van der Waals surface area contributed by atoms with Crippen LogP contribution in [0.15, 0.2) is 83.8 Å². The molecule has 3 unspecified atom stereocenters. The number of para-hydroxylation sites is 1. The number of allylic oxidation sites excluding steroid dienone is 2. The number of anilines is 2. The SMILES string of the molecule is COc1ccc(C2Nc3ccc(S(=O)(=O)N4CCc5ccccc54)cc3C3C=CCC32)cc1. The Labute approximate surface area is 194 Å². The predicted molar refractivity (Wildman–Crippen MR) is 130 cm³/mol. The molecule has 2 aliphatic heterocycles. The molecule has 6 rings (SSSR count). The molecule has 0 radical (unpaired) electrons. The summed E-state index contributed by atoms with van der Waals surface area (Å²) in [4.78, 5) is 0.363. The molecule has 2 heterocycles. The van der Waals surface area contributed by atoms with Crippen LogP contribution in [0.1, 0.15) is 35.1 Å². The molecular formula is C27H26N2O3S. The second-order valence-corrected chi connectivity index (χ2v) is 10.8. The van der Waals surface area contributed by atoms with Crippen molar-refractivity contribution < 1.29 is 13.2 Å². The smallest absolute Gasteiger partial charge is 0.264 e. The fourth-order valence-electron chi connectivity index (χ4n) is 5.56. The number of hydrogen-bond acceptors (Lipinski definition) is 4. The lowest BCUT2D eigenvalue weighted by Gasteiger charge is -2.38. The summed E-state index contributed by atoms with van der Waals surface area (Å²) >= 11 is 0. The maximum absolute atomic E-state index is 13.6. The predicted octanol–water partition coefficient (Wildman–Crippen LogP) is 5.27. The molecule has 5 nitrogen and oxygen atoms in total. The first-order valence-electron chi connectivity index (χ1n) is 11.4. The second-order valence-electron chi connectivity index (χ2n) is 8.95. The van der Waals surface area contributed by atoms with Gasteiger partial charge in [-0.3, -0.25) is 4.31 Å². The lowest BCUT2D eigenvalue weighted by molar-refractivity contribution is 0.411. The molecule has 168 valence electrons. The van der Waals surface area contributed by atoms with Gasteiger partial charge in [-0.05, 0) is 71.8 Å². The van der Waals surface area contributed by atoms with Gasteiger partial charge >= 0.3 is 0 Å². The van der Waals surface area contributed by atoms with Crippen LogP contribution >= 0.6 is 0 Å². The Morgan fingerprint density at radius 3 is 2.67 bits per heavy atom. The number of methoxy groups -OCH3 is 1. The second kappa shape index (κ2) is 7.66. The highest BCUT2D eigenvalue weighted by atomic mass is 32.2. The summed E-state index contributed by atoms with van der Waals surface area (Å²) in [7, 11) is -1.95. The minimum absolute atomic E-state index is 0.163. The van der Waals surface area contributed by atoms with Gasteiger partial charge in [-0.15, -0.1) is 0 Å². The quantitative estimate of drug-likeness (QED) is 0.541. The molecular weight excluding hydrogens is 432 g/mol. The molecule has 3 aliphatic rings. The molecule has 3 aromatic carbocycles. The largest absolute Gasteiger partial charge is 0.497 e. The van der Waals surface area contributed by atoms with Gasteiger partial charge in [0.15, 0.2) is 0 Å². The number of nitrogens with zero attached hydrogens (tertiary/aromatic N) is 1. The third-order valence-electron chi connectivity index (χ3n) is 7.24. The van der Waals surface area contributed by atoms with Crippen molar-refractivity contribution in [2.24, 2.45) is 5.92 Å². The van der Waals surface area contributed by atoms with Gasteiger partial charge in [0.05, 0.1) is 23.7 Å². The lowest BCUT2D eigenvalue weighted by atomic mass is 9.77. The average Bonchev–Trinajstić information content (AvgIpc) is 3.51. The van der Waals surface area contributed by atoms with Crippen LogP contribution in [0.2, 0.25) is 0 Å². The molecule has 3 atom stereocenters. The van der Waals surface area contributed by atoms with Crippen LogP contribution in [0.3, 0.4) is 0 Å². The van der Waals surface area contributed by atoms with Crippen molar-refractivity contribution in [3.8, 4) is 5.75 Å². The summed E-state index contributed by atoms with van der Waals surface area (Å²) in [5.41, 5.74) is 5.16. The van der Waals surface area contributed by atoms with Crippen molar-refractivity contribution in [1.82, 2.24) is 0 Å². The number of ether oxygens (including phenoxy) is 1. The van der Waals surface area contributed by atoms with Crippen LogP contribution < -0.4 is 14.4 Å². The molecule has 0 amide bonds. The van der Waals surface area contributed by atoms with Crippen LogP contribution in [0.25, 0.3) is 0 Å². The Bertz CT molecular complexity index is 1350. The van der Waals surface area contributed by atoms with E-state index in [2.05, 4.69) is 29.6 Å². The minimum Gasteiger partial charge on any atom is -0.497 e. The van der Waals surface area contributed by atoms with Crippen molar-refractivity contribution >= 4 is 21.4 Å². The van der Waals surface area contributed by atoms with Gasteiger partial charge < -0.3 is 10.1 Å². The molecule has 0 fully saturated rings. The highest BCUT2D eigenvalue weighted by Gasteiger charge is 2.39. The maximum Gasteiger partial charge on any atom is 0.264 e. The van der Waals surface area contributed by atoms with Gasteiger partial charge in [-0.25, -0.2) is 8.42 Å². The first-order valence-corrected chi connectivity index (χ1v) is 12.8. The van der Waals surface area contributed by atoms with E-state index in [0.29, 0.717) is 17.4 Å². The van der Waals surface area contributed by atoms with Crippen LogP contribution in [0, 0.1) is 5.92 Å². The van der Waals surface area contributed by atoms with Crippen LogP contribution in [-0.4, -0.2) is 22.1 Å². The monoisotopic (exact) mass is 458 g/mol. The normalized spacial score (nSPS) is 22.9. The maximum atomic E-state index is 13.6. The molecule has 0 saturated heterocycles. The van der Waals surface area contributed by atoms with Gasteiger partial charge in [0.1, 0.15) is 5.75 Å². The highest BCUT2D eigenvalue weighted by Crippen LogP contribution is 2.50. The Morgan fingerprint density at radius 1 is 1.03 bits per heavy atom. The van der Waals surface area contributed by atoms with E-state index in [4.69, 9.17) is 4.74 Å². The number of sulfonamides is 1. The lowest BCUT2D eigenvalue weighted by Crippen LogP contribution is -2.31. The fraction of sp³-hybridized carbons (Fsp3) is 0.259. The van der Waals surface area contributed by atoms with Gasteiger partial charge in [0, 0.05) is 18.2 Å². The minimum atomic E-state index is -3.62. The van der Waals surface area contributed by atoms with Crippen molar-refractivity contribution in [3.05, 3.63) is 95.6 Å². The summed E-state index contributed by atoms with van der Waals surface area (Å²) < 4.78 is 34.1. The Morgan fingerprint density at radius 2 is 1.85 bits per heavy atom. The van der Waals surface area contributed by atoms with Gasteiger partial charge in [-0.1, -0.05) is 42.5 Å². The first-order chi connectivity index (χ1) is 16.1. The summed E-state index contributed by atoms with van der Waals surface area (Å²) in [6.45, 7) is 0.489. The van der Waals surface area contributed by atoms with Crippen molar-refractivity contribution in [2.45, 2.75) is 29.7 Å². The Balaban J connectivity index is 1.36. The standard InChI is InChI=1S/C27H26N2O3S/c1-32-20-11-9-19(10-12-20)27-23-7-4-6-22(23)24-17-21(13-14-25(24)28-27)33(30,31)29-16-15-18-5-2-3-8-26(18)29/h2-6,8-14,17,22-23,27-28H,7,15-16H2,1H3. The zero-order valence-corrected chi connectivity index (χ0v) is 19.3. The molecule has 33 heavy (non-hydrogen) atoms. The summed E-state index contributed by atoms with van der Waals surface area (Å²) in [5, 5.41) is 3.70. The molecule has 3 aromatic rings. The molecule has 1 aliphatic carbocycles.